The van der Waals surface area contributed by atoms with Gasteiger partial charge in [-0.05, 0) is 48.7 Å². The first-order chi connectivity index (χ1) is 14.3. The van der Waals surface area contributed by atoms with Crippen molar-refractivity contribution in [2.24, 2.45) is 5.92 Å². The summed E-state index contributed by atoms with van der Waals surface area (Å²) in [5.74, 6) is -0.694. The number of hydrogen-bond acceptors (Lipinski definition) is 5. The summed E-state index contributed by atoms with van der Waals surface area (Å²) in [6.07, 6.45) is -0.0722. The number of nitrogens with zero attached hydrogens (tertiary/aromatic N) is 1. The summed E-state index contributed by atoms with van der Waals surface area (Å²) in [7, 11) is 3.15. The predicted molar refractivity (Wildman–Crippen MR) is 114 cm³/mol. The normalized spacial score (nSPS) is 21.2. The first-order valence-corrected chi connectivity index (χ1v) is 9.85. The van der Waals surface area contributed by atoms with Crippen molar-refractivity contribution in [3.8, 4) is 16.9 Å². The second-order valence-electron chi connectivity index (χ2n) is 7.45. The lowest BCUT2D eigenvalue weighted by molar-refractivity contribution is -0.150. The highest BCUT2D eigenvalue weighted by atomic mass is 16.5. The first kappa shape index (κ1) is 21.4. The van der Waals surface area contributed by atoms with Gasteiger partial charge in [0.15, 0.2) is 5.96 Å². The van der Waals surface area contributed by atoms with Crippen molar-refractivity contribution in [3.05, 3.63) is 54.1 Å². The Kier molecular flexibility index (Phi) is 6.10. The monoisotopic (exact) mass is 409 g/mol. The third-order valence-corrected chi connectivity index (χ3v) is 5.58. The minimum atomic E-state index is -0.942. The topological polar surface area (TPSA) is 91.7 Å². The zero-order valence-corrected chi connectivity index (χ0v) is 17.7. The van der Waals surface area contributed by atoms with Crippen molar-refractivity contribution in [1.29, 1.82) is 5.41 Å². The average molecular weight is 409 g/mol. The average Bonchev–Trinajstić information content (AvgIpc) is 2.75. The van der Waals surface area contributed by atoms with E-state index in [1.165, 1.54) is 11.9 Å². The standard InChI is InChI=1S/C23H27N3O4/c1-5-30-20(27)14-19-21(28)26(3)22(24)25-23(19,2)17-10-6-8-15(12-17)16-9-7-11-18(13-16)29-4/h6-13,19H,5,14H2,1-4H3,(H2,24,25)/t19-,23-/m1/s1. The van der Waals surface area contributed by atoms with E-state index >= 15 is 0 Å². The molecule has 0 radical (unpaired) electrons. The number of amides is 1. The van der Waals surface area contributed by atoms with Gasteiger partial charge >= 0.3 is 5.97 Å². The number of nitrogens with one attached hydrogen (secondary N) is 2. The van der Waals surface area contributed by atoms with E-state index < -0.39 is 17.4 Å². The minimum Gasteiger partial charge on any atom is -0.497 e. The van der Waals surface area contributed by atoms with E-state index in [4.69, 9.17) is 14.9 Å². The molecule has 1 heterocycles. The van der Waals surface area contributed by atoms with Crippen LogP contribution in [0.4, 0.5) is 0 Å². The fourth-order valence-electron chi connectivity index (χ4n) is 3.78. The third kappa shape index (κ3) is 4.01. The molecule has 0 bridgehead atoms. The summed E-state index contributed by atoms with van der Waals surface area (Å²) >= 11 is 0. The Morgan fingerprint density at radius 2 is 1.87 bits per heavy atom. The lowest BCUT2D eigenvalue weighted by atomic mass is 9.75. The van der Waals surface area contributed by atoms with Crippen LogP contribution in [-0.4, -0.2) is 43.5 Å². The number of ether oxygens (including phenoxy) is 2. The SMILES string of the molecule is CCOC(=O)C[C@@H]1C(=O)N(C)C(=N)N[C@]1(C)c1cccc(-c2cccc(OC)c2)c1. The molecule has 30 heavy (non-hydrogen) atoms. The fourth-order valence-corrected chi connectivity index (χ4v) is 3.78. The Hall–Kier alpha value is -3.35. The van der Waals surface area contributed by atoms with Crippen LogP contribution in [0.3, 0.4) is 0 Å². The number of benzene rings is 2. The molecule has 7 heteroatoms. The number of carbonyl (C=O) groups excluding carboxylic acids is 2. The van der Waals surface area contributed by atoms with Crippen LogP contribution < -0.4 is 10.1 Å². The van der Waals surface area contributed by atoms with Crippen molar-refractivity contribution < 1.29 is 19.1 Å². The van der Waals surface area contributed by atoms with Gasteiger partial charge in [-0.1, -0.05) is 30.3 Å². The molecule has 0 spiro atoms. The molecule has 0 unspecified atom stereocenters. The number of methoxy groups -OCH3 is 1. The third-order valence-electron chi connectivity index (χ3n) is 5.58. The van der Waals surface area contributed by atoms with E-state index in [9.17, 15) is 9.59 Å². The number of guanidine groups is 1. The molecule has 2 atom stereocenters. The number of carbonyl (C=O) groups is 2. The van der Waals surface area contributed by atoms with Gasteiger partial charge in [-0.25, -0.2) is 0 Å². The van der Waals surface area contributed by atoms with Crippen LogP contribution in [0.5, 0.6) is 5.75 Å². The summed E-state index contributed by atoms with van der Waals surface area (Å²) in [4.78, 5) is 26.5. The first-order valence-electron chi connectivity index (χ1n) is 9.85. The molecule has 0 aromatic heterocycles. The molecule has 1 aliphatic rings. The molecule has 0 saturated carbocycles. The maximum Gasteiger partial charge on any atom is 0.306 e. The van der Waals surface area contributed by atoms with Gasteiger partial charge in [-0.3, -0.25) is 19.9 Å². The van der Waals surface area contributed by atoms with Gasteiger partial charge < -0.3 is 14.8 Å². The molecule has 1 saturated heterocycles. The molecule has 158 valence electrons. The zero-order valence-electron chi connectivity index (χ0n) is 17.7. The van der Waals surface area contributed by atoms with E-state index in [0.717, 1.165) is 22.4 Å². The predicted octanol–water partition coefficient (Wildman–Crippen LogP) is 3.14. The molecular formula is C23H27N3O4. The van der Waals surface area contributed by atoms with Crippen LogP contribution in [-0.2, 0) is 19.9 Å². The smallest absolute Gasteiger partial charge is 0.306 e. The summed E-state index contributed by atoms with van der Waals surface area (Å²) in [5.41, 5.74) is 1.78. The molecule has 0 aliphatic carbocycles. The van der Waals surface area contributed by atoms with E-state index in [2.05, 4.69) is 5.32 Å². The minimum absolute atomic E-state index is 0.00519. The van der Waals surface area contributed by atoms with E-state index in [1.807, 2.05) is 55.5 Å². The van der Waals surface area contributed by atoms with Crippen molar-refractivity contribution in [1.82, 2.24) is 10.2 Å². The highest BCUT2D eigenvalue weighted by Gasteiger charge is 2.48. The molecule has 7 nitrogen and oxygen atoms in total. The Morgan fingerprint density at radius 3 is 2.53 bits per heavy atom. The van der Waals surface area contributed by atoms with E-state index in [0.29, 0.717) is 0 Å². The molecule has 1 fully saturated rings. The van der Waals surface area contributed by atoms with Gasteiger partial charge in [0.25, 0.3) is 0 Å². The lowest BCUT2D eigenvalue weighted by Crippen LogP contribution is -2.64. The summed E-state index contributed by atoms with van der Waals surface area (Å²) in [6.45, 7) is 3.83. The molecular weight excluding hydrogens is 382 g/mol. The second-order valence-corrected chi connectivity index (χ2v) is 7.45. The van der Waals surface area contributed by atoms with Gasteiger partial charge in [0.1, 0.15) is 5.75 Å². The summed E-state index contributed by atoms with van der Waals surface area (Å²) < 4.78 is 10.4. The molecule has 1 amide bonds. The van der Waals surface area contributed by atoms with Crippen molar-refractivity contribution >= 4 is 17.8 Å². The van der Waals surface area contributed by atoms with Crippen LogP contribution in [0, 0.1) is 11.3 Å². The van der Waals surface area contributed by atoms with Gasteiger partial charge in [-0.15, -0.1) is 0 Å². The Balaban J connectivity index is 2.04. The van der Waals surface area contributed by atoms with Crippen LogP contribution in [0.2, 0.25) is 0 Å². The van der Waals surface area contributed by atoms with Crippen molar-refractivity contribution in [2.75, 3.05) is 20.8 Å². The number of rotatable bonds is 6. The van der Waals surface area contributed by atoms with Crippen LogP contribution >= 0.6 is 0 Å². The fraction of sp³-hybridized carbons (Fsp3) is 0.348. The van der Waals surface area contributed by atoms with Crippen LogP contribution in [0.15, 0.2) is 48.5 Å². The largest absolute Gasteiger partial charge is 0.497 e. The van der Waals surface area contributed by atoms with Gasteiger partial charge in [-0.2, -0.15) is 0 Å². The summed E-state index contributed by atoms with van der Waals surface area (Å²) in [6, 6.07) is 15.5. The lowest BCUT2D eigenvalue weighted by Gasteiger charge is -2.45. The van der Waals surface area contributed by atoms with Crippen LogP contribution in [0.25, 0.3) is 11.1 Å². The highest BCUT2D eigenvalue weighted by Crippen LogP contribution is 2.38. The van der Waals surface area contributed by atoms with Crippen molar-refractivity contribution in [3.63, 3.8) is 0 Å². The van der Waals surface area contributed by atoms with Gasteiger partial charge in [0, 0.05) is 7.05 Å². The van der Waals surface area contributed by atoms with Gasteiger partial charge in [0.2, 0.25) is 5.91 Å². The van der Waals surface area contributed by atoms with E-state index in [1.54, 1.807) is 14.0 Å². The van der Waals surface area contributed by atoms with Gasteiger partial charge in [0.05, 0.1) is 31.6 Å². The number of hydrogen-bond donors (Lipinski definition) is 2. The Morgan fingerprint density at radius 1 is 1.20 bits per heavy atom. The quantitative estimate of drug-likeness (QED) is 0.715. The van der Waals surface area contributed by atoms with E-state index in [-0.39, 0.29) is 24.9 Å². The van der Waals surface area contributed by atoms with Crippen molar-refractivity contribution in [2.45, 2.75) is 25.8 Å². The molecule has 3 rings (SSSR count). The Bertz CT molecular complexity index is 974. The zero-order chi connectivity index (χ0) is 21.9. The maximum absolute atomic E-state index is 13.0. The maximum atomic E-state index is 13.0. The Labute approximate surface area is 176 Å². The van der Waals surface area contributed by atoms with Crippen LogP contribution in [0.1, 0.15) is 25.8 Å². The number of esters is 1. The second kappa shape index (κ2) is 8.57. The molecule has 2 aromatic rings. The highest BCUT2D eigenvalue weighted by molar-refractivity contribution is 6.01. The molecule has 2 aromatic carbocycles. The summed E-state index contributed by atoms with van der Waals surface area (Å²) in [5, 5.41) is 11.4. The molecule has 2 N–H and O–H groups in total. The molecule has 1 aliphatic heterocycles.